The summed E-state index contributed by atoms with van der Waals surface area (Å²) in [5.74, 6) is -2.02. The molecule has 5 N–H and O–H groups in total. The van der Waals surface area contributed by atoms with E-state index in [4.69, 9.17) is 5.73 Å². The maximum absolute atomic E-state index is 13.6. The van der Waals surface area contributed by atoms with Crippen LogP contribution in [0.2, 0.25) is 0 Å². The predicted molar refractivity (Wildman–Crippen MR) is 140 cm³/mol. The van der Waals surface area contributed by atoms with Crippen LogP contribution in [0.25, 0.3) is 22.2 Å². The molecule has 39 heavy (non-hydrogen) atoms. The number of rotatable bonds is 7. The van der Waals surface area contributed by atoms with Gasteiger partial charge in [-0.1, -0.05) is 30.3 Å². The van der Waals surface area contributed by atoms with Gasteiger partial charge in [-0.2, -0.15) is 10.4 Å². The number of hydrogen-bond acceptors (Lipinski definition) is 8. The van der Waals surface area contributed by atoms with Gasteiger partial charge in [-0.05, 0) is 41.8 Å². The van der Waals surface area contributed by atoms with Crippen molar-refractivity contribution in [2.45, 2.75) is 19.5 Å². The first-order chi connectivity index (χ1) is 18.8. The number of nitrogens with zero attached hydrogens (tertiary/aromatic N) is 5. The van der Waals surface area contributed by atoms with Crippen LogP contribution >= 0.6 is 0 Å². The third-order valence-corrected chi connectivity index (χ3v) is 6.08. The van der Waals surface area contributed by atoms with Crippen molar-refractivity contribution in [3.05, 3.63) is 95.1 Å². The maximum Gasteiger partial charge on any atom is 0.274 e. The molecule has 0 spiro atoms. The number of amides is 1. The number of pyridine rings is 1. The number of carbonyl (C=O) groups is 1. The van der Waals surface area contributed by atoms with Gasteiger partial charge in [0.1, 0.15) is 11.9 Å². The number of nitriles is 1. The SMILES string of the molecule is C[C@H](NC(=O)c1nc(C#N)cnc1NCc1ccc(-c2cnc3n[nH]c(N)c3c2)cc1)c1ccc(F)c(F)c1. The molecule has 0 aliphatic heterocycles. The van der Waals surface area contributed by atoms with Crippen molar-refractivity contribution in [3.63, 3.8) is 0 Å². The summed E-state index contributed by atoms with van der Waals surface area (Å²) in [6.45, 7) is 1.93. The monoisotopic (exact) mass is 525 g/mol. The predicted octanol–water partition coefficient (Wildman–Crippen LogP) is 4.25. The number of benzene rings is 2. The molecule has 194 valence electrons. The Kier molecular flexibility index (Phi) is 6.79. The highest BCUT2D eigenvalue weighted by molar-refractivity contribution is 5.97. The Morgan fingerprint density at radius 2 is 1.87 bits per heavy atom. The van der Waals surface area contributed by atoms with Gasteiger partial charge in [0.25, 0.3) is 5.91 Å². The highest BCUT2D eigenvalue weighted by Crippen LogP contribution is 2.25. The molecule has 0 fully saturated rings. The van der Waals surface area contributed by atoms with Crippen molar-refractivity contribution in [1.29, 1.82) is 5.26 Å². The summed E-state index contributed by atoms with van der Waals surface area (Å²) in [4.78, 5) is 25.6. The van der Waals surface area contributed by atoms with Crippen LogP contribution in [0.1, 0.15) is 40.3 Å². The second kappa shape index (κ2) is 10.5. The van der Waals surface area contributed by atoms with Crippen LogP contribution in [-0.4, -0.2) is 31.1 Å². The average Bonchev–Trinajstić information content (AvgIpc) is 3.33. The molecule has 0 saturated carbocycles. The number of nitrogens with one attached hydrogen (secondary N) is 3. The summed E-state index contributed by atoms with van der Waals surface area (Å²) in [5.41, 5.74) is 9.37. The number of nitrogen functional groups attached to an aromatic ring is 1. The van der Waals surface area contributed by atoms with Crippen LogP contribution in [0.3, 0.4) is 0 Å². The molecule has 1 atom stereocenters. The Morgan fingerprint density at radius 3 is 2.62 bits per heavy atom. The van der Waals surface area contributed by atoms with E-state index in [1.807, 2.05) is 36.4 Å². The number of nitrogens with two attached hydrogens (primary N) is 1. The first kappa shape index (κ1) is 25.2. The number of hydrogen-bond donors (Lipinski definition) is 4. The zero-order valence-corrected chi connectivity index (χ0v) is 20.5. The maximum atomic E-state index is 13.6. The Labute approximate surface area is 220 Å². The normalized spacial score (nSPS) is 11.6. The molecule has 12 heteroatoms. The fourth-order valence-electron chi connectivity index (χ4n) is 3.94. The van der Waals surface area contributed by atoms with E-state index in [1.165, 1.54) is 12.3 Å². The van der Waals surface area contributed by atoms with E-state index in [0.717, 1.165) is 34.2 Å². The molecule has 3 heterocycles. The van der Waals surface area contributed by atoms with Gasteiger partial charge in [0.05, 0.1) is 17.6 Å². The standard InChI is InChI=1S/C27H21F2N9O/c1-14(17-6-7-21(28)22(29)9-17)35-27(39)23-26(34-13-19(10-30)36-23)32-11-15-2-4-16(5-3-15)18-8-20-24(31)37-38-25(20)33-12-18/h2-9,12-14H,11H2,1H3,(H,32,34)(H,35,39)(H3,31,33,37,38)/t14-/m0/s1. The number of aromatic nitrogens is 5. The van der Waals surface area contributed by atoms with Gasteiger partial charge in [-0.3, -0.25) is 9.89 Å². The summed E-state index contributed by atoms with van der Waals surface area (Å²) in [7, 11) is 0. The van der Waals surface area contributed by atoms with Gasteiger partial charge in [0.15, 0.2) is 34.5 Å². The summed E-state index contributed by atoms with van der Waals surface area (Å²) in [5, 5.41) is 22.5. The van der Waals surface area contributed by atoms with E-state index < -0.39 is 23.6 Å². The minimum absolute atomic E-state index is 0.0422. The lowest BCUT2D eigenvalue weighted by Crippen LogP contribution is -2.29. The quantitative estimate of drug-likeness (QED) is 0.245. The summed E-state index contributed by atoms with van der Waals surface area (Å²) < 4.78 is 26.9. The number of halogens is 2. The van der Waals surface area contributed by atoms with Crippen LogP contribution in [0.4, 0.5) is 20.4 Å². The topological polar surface area (TPSA) is 158 Å². The van der Waals surface area contributed by atoms with E-state index >= 15 is 0 Å². The molecular weight excluding hydrogens is 504 g/mol. The minimum Gasteiger partial charge on any atom is -0.384 e. The largest absolute Gasteiger partial charge is 0.384 e. The Morgan fingerprint density at radius 1 is 1.08 bits per heavy atom. The van der Waals surface area contributed by atoms with E-state index in [2.05, 4.69) is 35.8 Å². The second-order valence-corrected chi connectivity index (χ2v) is 8.72. The molecule has 0 unspecified atom stereocenters. The highest BCUT2D eigenvalue weighted by Gasteiger charge is 2.19. The number of anilines is 2. The molecule has 0 bridgehead atoms. The Balaban J connectivity index is 1.31. The van der Waals surface area contributed by atoms with Gasteiger partial charge < -0.3 is 16.4 Å². The summed E-state index contributed by atoms with van der Waals surface area (Å²) in [6.07, 6.45) is 2.97. The van der Waals surface area contributed by atoms with Crippen LogP contribution in [0.5, 0.6) is 0 Å². The minimum atomic E-state index is -1.02. The van der Waals surface area contributed by atoms with Crippen molar-refractivity contribution in [3.8, 4) is 17.2 Å². The lowest BCUT2D eigenvalue weighted by atomic mass is 10.0. The molecule has 10 nitrogen and oxygen atoms in total. The smallest absolute Gasteiger partial charge is 0.274 e. The lowest BCUT2D eigenvalue weighted by Gasteiger charge is -2.16. The molecule has 2 aromatic carbocycles. The first-order valence-electron chi connectivity index (χ1n) is 11.8. The molecule has 0 aliphatic carbocycles. The third-order valence-electron chi connectivity index (χ3n) is 6.08. The molecule has 0 aliphatic rings. The summed E-state index contributed by atoms with van der Waals surface area (Å²) in [6, 6.07) is 14.2. The van der Waals surface area contributed by atoms with Crippen molar-refractivity contribution in [1.82, 2.24) is 30.5 Å². The molecule has 0 radical (unpaired) electrons. The average molecular weight is 526 g/mol. The van der Waals surface area contributed by atoms with Crippen LogP contribution in [0.15, 0.2) is 60.9 Å². The van der Waals surface area contributed by atoms with E-state index in [-0.39, 0.29) is 17.2 Å². The van der Waals surface area contributed by atoms with E-state index in [9.17, 15) is 18.8 Å². The Hall–Kier alpha value is -5.44. The molecule has 3 aromatic heterocycles. The molecule has 0 saturated heterocycles. The molecule has 5 aromatic rings. The van der Waals surface area contributed by atoms with Crippen molar-refractivity contribution in [2.24, 2.45) is 0 Å². The van der Waals surface area contributed by atoms with Gasteiger partial charge in [0, 0.05) is 18.3 Å². The van der Waals surface area contributed by atoms with Crippen molar-refractivity contribution < 1.29 is 13.6 Å². The van der Waals surface area contributed by atoms with Gasteiger partial charge in [-0.15, -0.1) is 0 Å². The second-order valence-electron chi connectivity index (χ2n) is 8.72. The summed E-state index contributed by atoms with van der Waals surface area (Å²) >= 11 is 0. The van der Waals surface area contributed by atoms with Gasteiger partial charge >= 0.3 is 0 Å². The lowest BCUT2D eigenvalue weighted by molar-refractivity contribution is 0.0935. The van der Waals surface area contributed by atoms with Gasteiger partial charge in [0.2, 0.25) is 0 Å². The number of carbonyl (C=O) groups excluding carboxylic acids is 1. The highest BCUT2D eigenvalue weighted by atomic mass is 19.2. The molecule has 5 rings (SSSR count). The van der Waals surface area contributed by atoms with E-state index in [1.54, 1.807) is 13.1 Å². The fraction of sp³-hybridized carbons (Fsp3) is 0.111. The molecule has 1 amide bonds. The number of aromatic amines is 1. The van der Waals surface area contributed by atoms with Crippen molar-refractivity contribution >= 4 is 28.6 Å². The van der Waals surface area contributed by atoms with E-state index in [0.29, 0.717) is 23.6 Å². The van der Waals surface area contributed by atoms with Crippen LogP contribution in [-0.2, 0) is 6.54 Å². The van der Waals surface area contributed by atoms with Gasteiger partial charge in [-0.25, -0.2) is 23.7 Å². The zero-order valence-electron chi connectivity index (χ0n) is 20.5. The Bertz CT molecular complexity index is 1730. The zero-order chi connectivity index (χ0) is 27.5. The fourth-order valence-corrected chi connectivity index (χ4v) is 3.94. The van der Waals surface area contributed by atoms with Crippen molar-refractivity contribution in [2.75, 3.05) is 11.1 Å². The number of H-pyrrole nitrogens is 1. The van der Waals surface area contributed by atoms with Crippen LogP contribution < -0.4 is 16.4 Å². The third kappa shape index (κ3) is 5.33. The van der Waals surface area contributed by atoms with Crippen LogP contribution in [0, 0.1) is 23.0 Å². The number of fused-ring (bicyclic) bond motifs is 1. The molecular formula is C27H21F2N9O. The first-order valence-corrected chi connectivity index (χ1v) is 11.8.